The summed E-state index contributed by atoms with van der Waals surface area (Å²) in [6.07, 6.45) is 6.86. The van der Waals surface area contributed by atoms with E-state index in [1.807, 2.05) is 55.5 Å². The molecular formula is C39H44N4O6. The normalized spacial score (nSPS) is 13.4. The van der Waals surface area contributed by atoms with Crippen LogP contribution in [0.5, 0.6) is 11.5 Å². The maximum absolute atomic E-state index is 13.4. The highest BCUT2D eigenvalue weighted by Crippen LogP contribution is 2.24. The lowest BCUT2D eigenvalue weighted by Gasteiger charge is -2.39. The third-order valence-corrected chi connectivity index (χ3v) is 8.42. The zero-order valence-electron chi connectivity index (χ0n) is 28.3. The Morgan fingerprint density at radius 3 is 2.02 bits per heavy atom. The summed E-state index contributed by atoms with van der Waals surface area (Å²) in [6, 6.07) is 21.4. The molecule has 1 aromatic heterocycles. The van der Waals surface area contributed by atoms with Crippen molar-refractivity contribution in [3.8, 4) is 34.0 Å². The van der Waals surface area contributed by atoms with E-state index < -0.39 is 23.8 Å². The molecule has 0 aliphatic carbocycles. The third kappa shape index (κ3) is 9.65. The number of rotatable bonds is 16. The molecule has 1 aliphatic rings. The highest BCUT2D eigenvalue weighted by Gasteiger charge is 2.38. The number of ether oxygens (including phenoxy) is 2. The van der Waals surface area contributed by atoms with Crippen molar-refractivity contribution in [3.63, 3.8) is 0 Å². The number of carbonyl (C=O) groups excluding carboxylic acids is 2. The SMILES string of the molecule is CCCOc1ccc(C(=O)N[C@@H](Cc2ccc(-c3ncc(-c4ccc(OCCCC(C)C)cc4)cn3)cc2)C(=O)N2CC(C(=O)O)C2)cc1. The quantitative estimate of drug-likeness (QED) is 0.134. The molecule has 1 aliphatic heterocycles. The van der Waals surface area contributed by atoms with Gasteiger partial charge in [0, 0.05) is 48.6 Å². The van der Waals surface area contributed by atoms with Crippen LogP contribution >= 0.6 is 0 Å². The highest BCUT2D eigenvalue weighted by atomic mass is 16.5. The topological polar surface area (TPSA) is 131 Å². The summed E-state index contributed by atoms with van der Waals surface area (Å²) in [7, 11) is 0. The molecule has 0 unspecified atom stereocenters. The number of nitrogens with zero attached hydrogens (tertiary/aromatic N) is 3. The molecular weight excluding hydrogens is 620 g/mol. The average Bonchev–Trinajstić information content (AvgIpc) is 3.09. The Kier molecular flexibility index (Phi) is 12.0. The molecule has 1 fully saturated rings. The van der Waals surface area contributed by atoms with E-state index in [2.05, 4.69) is 29.1 Å². The molecule has 0 saturated carbocycles. The molecule has 0 bridgehead atoms. The van der Waals surface area contributed by atoms with Crippen molar-refractivity contribution in [2.45, 2.75) is 52.5 Å². The number of carboxylic acids is 1. The molecule has 0 radical (unpaired) electrons. The van der Waals surface area contributed by atoms with E-state index in [0.717, 1.165) is 47.3 Å². The summed E-state index contributed by atoms with van der Waals surface area (Å²) in [5, 5.41) is 12.2. The van der Waals surface area contributed by atoms with Gasteiger partial charge in [-0.2, -0.15) is 0 Å². The Morgan fingerprint density at radius 2 is 1.43 bits per heavy atom. The number of hydrogen-bond acceptors (Lipinski definition) is 7. The zero-order valence-corrected chi connectivity index (χ0v) is 28.3. The van der Waals surface area contributed by atoms with Crippen molar-refractivity contribution in [1.29, 1.82) is 0 Å². The summed E-state index contributed by atoms with van der Waals surface area (Å²) < 4.78 is 11.5. The molecule has 49 heavy (non-hydrogen) atoms. The van der Waals surface area contributed by atoms with E-state index in [1.165, 1.54) is 4.90 Å². The number of hydrogen-bond donors (Lipinski definition) is 2. The summed E-state index contributed by atoms with van der Waals surface area (Å²) in [5.74, 6) is 0.490. The minimum atomic E-state index is -0.934. The van der Waals surface area contributed by atoms with Crippen LogP contribution in [0.15, 0.2) is 85.2 Å². The highest BCUT2D eigenvalue weighted by molar-refractivity contribution is 5.98. The molecule has 256 valence electrons. The number of likely N-dealkylation sites (tertiary alicyclic amines) is 1. The first-order chi connectivity index (χ1) is 23.7. The van der Waals surface area contributed by atoms with Crippen LogP contribution in [-0.2, 0) is 16.0 Å². The zero-order chi connectivity index (χ0) is 34.8. The van der Waals surface area contributed by atoms with Gasteiger partial charge in [-0.15, -0.1) is 0 Å². The van der Waals surface area contributed by atoms with Crippen molar-refractivity contribution in [2.24, 2.45) is 11.8 Å². The Hall–Kier alpha value is -5.25. The van der Waals surface area contributed by atoms with Crippen molar-refractivity contribution in [2.75, 3.05) is 26.3 Å². The Balaban J connectivity index is 1.22. The molecule has 0 spiro atoms. The summed E-state index contributed by atoms with van der Waals surface area (Å²) in [4.78, 5) is 48.6. The predicted octanol–water partition coefficient (Wildman–Crippen LogP) is 6.30. The van der Waals surface area contributed by atoms with Gasteiger partial charge in [-0.1, -0.05) is 57.2 Å². The fraction of sp³-hybridized carbons (Fsp3) is 0.359. The van der Waals surface area contributed by atoms with Crippen molar-refractivity contribution in [1.82, 2.24) is 20.2 Å². The molecule has 10 nitrogen and oxygen atoms in total. The lowest BCUT2D eigenvalue weighted by molar-refractivity contribution is -0.153. The smallest absolute Gasteiger partial charge is 0.310 e. The maximum Gasteiger partial charge on any atom is 0.310 e. The maximum atomic E-state index is 13.4. The van der Waals surface area contributed by atoms with Gasteiger partial charge in [0.1, 0.15) is 17.5 Å². The van der Waals surface area contributed by atoms with Crippen LogP contribution in [0.1, 0.15) is 56.0 Å². The number of nitrogens with one attached hydrogen (secondary N) is 1. The molecule has 1 atom stereocenters. The molecule has 10 heteroatoms. The van der Waals surface area contributed by atoms with Gasteiger partial charge >= 0.3 is 5.97 Å². The van der Waals surface area contributed by atoms with Gasteiger partial charge in [-0.05, 0) is 72.7 Å². The van der Waals surface area contributed by atoms with Crippen LogP contribution in [0.4, 0.5) is 0 Å². The van der Waals surface area contributed by atoms with Crippen molar-refractivity contribution in [3.05, 3.63) is 96.3 Å². The minimum absolute atomic E-state index is 0.118. The predicted molar refractivity (Wildman–Crippen MR) is 187 cm³/mol. The van der Waals surface area contributed by atoms with Crippen LogP contribution in [-0.4, -0.2) is 70.1 Å². The fourth-order valence-corrected chi connectivity index (χ4v) is 5.48. The largest absolute Gasteiger partial charge is 0.494 e. The standard InChI is InChI=1S/C39H44N4O6/c1-4-19-48-33-17-13-30(14-18-33)37(44)42-35(38(45)43-24-32(25-43)39(46)47)21-27-7-9-29(10-8-27)36-40-22-31(23-41-36)28-11-15-34(16-12-28)49-20-5-6-26(2)3/h7-18,22-23,26,32,35H,4-6,19-21,24-25H2,1-3H3,(H,42,44)(H,46,47)/t35-/m0/s1. The molecule has 1 saturated heterocycles. The lowest BCUT2D eigenvalue weighted by Crippen LogP contribution is -2.59. The Bertz CT molecular complexity index is 1680. The first-order valence-corrected chi connectivity index (χ1v) is 16.9. The number of benzene rings is 3. The number of amides is 2. The van der Waals surface area contributed by atoms with E-state index >= 15 is 0 Å². The summed E-state index contributed by atoms with van der Waals surface area (Å²) in [6.45, 7) is 7.96. The van der Waals surface area contributed by atoms with Gasteiger partial charge in [0.25, 0.3) is 5.91 Å². The number of aromatic nitrogens is 2. The van der Waals surface area contributed by atoms with Crippen molar-refractivity contribution >= 4 is 17.8 Å². The van der Waals surface area contributed by atoms with Gasteiger partial charge < -0.3 is 24.8 Å². The van der Waals surface area contributed by atoms with Crippen LogP contribution in [0, 0.1) is 11.8 Å². The number of aliphatic carboxylic acids is 1. The second kappa shape index (κ2) is 16.7. The van der Waals surface area contributed by atoms with Crippen molar-refractivity contribution < 1.29 is 29.0 Å². The van der Waals surface area contributed by atoms with Gasteiger partial charge in [0.2, 0.25) is 5.91 Å². The van der Waals surface area contributed by atoms with Gasteiger partial charge in [-0.25, -0.2) is 9.97 Å². The van der Waals surface area contributed by atoms with Crippen LogP contribution < -0.4 is 14.8 Å². The Morgan fingerprint density at radius 1 is 0.837 bits per heavy atom. The van der Waals surface area contributed by atoms with E-state index in [9.17, 15) is 19.5 Å². The summed E-state index contributed by atoms with van der Waals surface area (Å²) >= 11 is 0. The molecule has 2 N–H and O–H groups in total. The van der Waals surface area contributed by atoms with E-state index in [4.69, 9.17) is 9.47 Å². The number of carbonyl (C=O) groups is 3. The molecule has 5 rings (SSSR count). The van der Waals surface area contributed by atoms with Gasteiger partial charge in [0.15, 0.2) is 5.82 Å². The Labute approximate surface area is 287 Å². The number of carboxylic acid groups (broad SMARTS) is 1. The molecule has 2 amide bonds. The first-order valence-electron chi connectivity index (χ1n) is 16.9. The fourth-order valence-electron chi connectivity index (χ4n) is 5.48. The van der Waals surface area contributed by atoms with Crippen LogP contribution in [0.2, 0.25) is 0 Å². The lowest BCUT2D eigenvalue weighted by atomic mass is 9.96. The summed E-state index contributed by atoms with van der Waals surface area (Å²) in [5.41, 5.74) is 3.91. The van der Waals surface area contributed by atoms with E-state index in [-0.39, 0.29) is 25.4 Å². The average molecular weight is 665 g/mol. The second-order valence-electron chi connectivity index (χ2n) is 12.8. The van der Waals surface area contributed by atoms with Gasteiger partial charge in [0.05, 0.1) is 19.1 Å². The molecule has 3 aromatic carbocycles. The second-order valence-corrected chi connectivity index (χ2v) is 12.8. The molecule has 2 heterocycles. The monoisotopic (exact) mass is 664 g/mol. The first kappa shape index (κ1) is 35.1. The minimum Gasteiger partial charge on any atom is -0.494 e. The van der Waals surface area contributed by atoms with E-state index in [1.54, 1.807) is 36.7 Å². The molecule has 4 aromatic rings. The van der Waals surface area contributed by atoms with Crippen LogP contribution in [0.25, 0.3) is 22.5 Å². The van der Waals surface area contributed by atoms with Gasteiger partial charge in [-0.3, -0.25) is 14.4 Å². The third-order valence-electron chi connectivity index (χ3n) is 8.42. The van der Waals surface area contributed by atoms with Crippen LogP contribution in [0.3, 0.4) is 0 Å². The van der Waals surface area contributed by atoms with E-state index in [0.29, 0.717) is 36.3 Å².